The Kier molecular flexibility index (Phi) is 7.73. The number of aromatic nitrogens is 2. The predicted octanol–water partition coefficient (Wildman–Crippen LogP) is 3.25. The molecule has 0 radical (unpaired) electrons. The van der Waals surface area contributed by atoms with Crippen molar-refractivity contribution in [3.05, 3.63) is 16.7 Å². The molecule has 1 aromatic rings. The van der Waals surface area contributed by atoms with Gasteiger partial charge in [0, 0.05) is 13.0 Å². The lowest BCUT2D eigenvalue weighted by molar-refractivity contribution is 0.667. The zero-order chi connectivity index (χ0) is 12.5. The molecule has 1 aromatic heterocycles. The maximum absolute atomic E-state index is 6.08. The van der Waals surface area contributed by atoms with Gasteiger partial charge in [0.25, 0.3) is 0 Å². The van der Waals surface area contributed by atoms with Gasteiger partial charge in [0.1, 0.15) is 5.82 Å². The summed E-state index contributed by atoms with van der Waals surface area (Å²) in [5.74, 6) is 2.21. The molecule has 2 N–H and O–H groups in total. The molecule has 5 heteroatoms. The van der Waals surface area contributed by atoms with E-state index in [0.717, 1.165) is 37.4 Å². The normalized spacial score (nSPS) is 11.0. The van der Waals surface area contributed by atoms with Gasteiger partial charge in [-0.05, 0) is 31.4 Å². The summed E-state index contributed by atoms with van der Waals surface area (Å²) in [5.41, 5.74) is 1.02. The molecule has 17 heavy (non-hydrogen) atoms. The first-order valence-corrected chi connectivity index (χ1v) is 7.98. The number of nitrogens with one attached hydrogen (secondary N) is 2. The Morgan fingerprint density at radius 3 is 2.94 bits per heavy atom. The van der Waals surface area contributed by atoms with Crippen LogP contribution in [-0.2, 0) is 13.0 Å². The average Bonchev–Trinajstić information content (AvgIpc) is 2.67. The summed E-state index contributed by atoms with van der Waals surface area (Å²) in [5, 5.41) is 4.00. The lowest BCUT2D eigenvalue weighted by Gasteiger charge is -2.02. The van der Waals surface area contributed by atoms with E-state index in [1.807, 2.05) is 11.8 Å². The van der Waals surface area contributed by atoms with Crippen LogP contribution in [0, 0.1) is 0 Å². The van der Waals surface area contributed by atoms with Crippen LogP contribution in [-0.4, -0.2) is 28.5 Å². The molecule has 0 amide bonds. The summed E-state index contributed by atoms with van der Waals surface area (Å²) in [6.45, 7) is 3.99. The number of imidazole rings is 1. The zero-order valence-electron chi connectivity index (χ0n) is 10.7. The van der Waals surface area contributed by atoms with Crippen LogP contribution < -0.4 is 5.32 Å². The number of nitrogens with zero attached hydrogens (tertiary/aromatic N) is 1. The van der Waals surface area contributed by atoms with Crippen LogP contribution in [0.3, 0.4) is 0 Å². The Morgan fingerprint density at radius 1 is 1.41 bits per heavy atom. The minimum absolute atomic E-state index is 0.619. The number of hydrogen-bond donors (Lipinski definition) is 2. The van der Waals surface area contributed by atoms with Crippen LogP contribution in [0.2, 0.25) is 5.15 Å². The van der Waals surface area contributed by atoms with E-state index < -0.39 is 0 Å². The van der Waals surface area contributed by atoms with Crippen molar-refractivity contribution < 1.29 is 0 Å². The molecular formula is C12H22ClN3S. The molecule has 98 valence electrons. The molecule has 1 rings (SSSR count). The lowest BCUT2D eigenvalue weighted by atomic mass is 10.2. The van der Waals surface area contributed by atoms with Crippen LogP contribution in [0.4, 0.5) is 0 Å². The number of H-pyrrole nitrogens is 1. The van der Waals surface area contributed by atoms with E-state index in [2.05, 4.69) is 28.5 Å². The van der Waals surface area contributed by atoms with E-state index in [0.29, 0.717) is 5.15 Å². The topological polar surface area (TPSA) is 40.7 Å². The van der Waals surface area contributed by atoms with Crippen molar-refractivity contribution >= 4 is 23.4 Å². The van der Waals surface area contributed by atoms with Gasteiger partial charge in [-0.1, -0.05) is 24.9 Å². The van der Waals surface area contributed by atoms with E-state index >= 15 is 0 Å². The third-order valence-corrected chi connectivity index (χ3v) is 3.56. The standard InChI is InChI=1S/C12H22ClN3S/c1-3-4-6-11-15-10(12(13)16-11)9-14-7-5-8-17-2/h14H,3-9H2,1-2H3,(H,15,16). The number of aryl methyl sites for hydroxylation is 1. The number of thioether (sulfide) groups is 1. The lowest BCUT2D eigenvalue weighted by Crippen LogP contribution is -2.15. The molecular weight excluding hydrogens is 254 g/mol. The van der Waals surface area contributed by atoms with Crippen molar-refractivity contribution in [1.82, 2.24) is 15.3 Å². The number of rotatable bonds is 9. The van der Waals surface area contributed by atoms with Gasteiger partial charge in [-0.25, -0.2) is 4.98 Å². The van der Waals surface area contributed by atoms with Gasteiger partial charge in [-0.15, -0.1) is 0 Å². The summed E-state index contributed by atoms with van der Waals surface area (Å²) in [6, 6.07) is 0. The number of halogens is 1. The number of aromatic amines is 1. The highest BCUT2D eigenvalue weighted by atomic mass is 35.5. The molecule has 3 nitrogen and oxygen atoms in total. The van der Waals surface area contributed by atoms with Crippen molar-refractivity contribution in [2.24, 2.45) is 0 Å². The summed E-state index contributed by atoms with van der Waals surface area (Å²) in [4.78, 5) is 7.63. The van der Waals surface area contributed by atoms with Gasteiger partial charge < -0.3 is 10.3 Å². The average molecular weight is 276 g/mol. The fraction of sp³-hybridized carbons (Fsp3) is 0.750. The van der Waals surface area contributed by atoms with Gasteiger partial charge in [-0.2, -0.15) is 11.8 Å². The number of hydrogen-bond acceptors (Lipinski definition) is 3. The largest absolute Gasteiger partial charge is 0.344 e. The quantitative estimate of drug-likeness (QED) is 0.680. The van der Waals surface area contributed by atoms with Gasteiger partial charge in [-0.3, -0.25) is 0 Å². The van der Waals surface area contributed by atoms with E-state index in [1.54, 1.807) is 0 Å². The fourth-order valence-electron chi connectivity index (χ4n) is 1.57. The van der Waals surface area contributed by atoms with Gasteiger partial charge >= 0.3 is 0 Å². The molecule has 0 saturated heterocycles. The van der Waals surface area contributed by atoms with Crippen LogP contribution in [0.25, 0.3) is 0 Å². The highest BCUT2D eigenvalue weighted by molar-refractivity contribution is 7.98. The first-order valence-electron chi connectivity index (χ1n) is 6.20. The van der Waals surface area contributed by atoms with E-state index in [1.165, 1.54) is 18.6 Å². The molecule has 0 fully saturated rings. The molecule has 0 atom stereocenters. The second-order valence-corrected chi connectivity index (χ2v) is 5.42. The molecule has 0 aliphatic heterocycles. The van der Waals surface area contributed by atoms with Crippen molar-refractivity contribution in [2.45, 2.75) is 39.2 Å². The highest BCUT2D eigenvalue weighted by Gasteiger charge is 2.06. The molecule has 0 aliphatic rings. The van der Waals surface area contributed by atoms with E-state index in [4.69, 9.17) is 11.6 Å². The SMILES string of the molecule is CCCCc1nc(Cl)c(CNCCCSC)[nH]1. The first kappa shape index (κ1) is 14.9. The molecule has 1 heterocycles. The zero-order valence-corrected chi connectivity index (χ0v) is 12.3. The maximum atomic E-state index is 6.08. The molecule has 0 bridgehead atoms. The first-order chi connectivity index (χ1) is 8.27. The summed E-state index contributed by atoms with van der Waals surface area (Å²) in [7, 11) is 0. The summed E-state index contributed by atoms with van der Waals surface area (Å²) < 4.78 is 0. The third-order valence-electron chi connectivity index (χ3n) is 2.55. The Balaban J connectivity index is 2.29. The predicted molar refractivity (Wildman–Crippen MR) is 76.9 cm³/mol. The van der Waals surface area contributed by atoms with Gasteiger partial charge in [0.05, 0.1) is 5.69 Å². The monoisotopic (exact) mass is 275 g/mol. The Hall–Kier alpha value is -0.190. The number of unbranched alkanes of at least 4 members (excludes halogenated alkanes) is 1. The minimum atomic E-state index is 0.619. The van der Waals surface area contributed by atoms with Gasteiger partial charge in [0.15, 0.2) is 5.15 Å². The third kappa shape index (κ3) is 5.80. The Bertz CT molecular complexity index is 315. The van der Waals surface area contributed by atoms with Crippen LogP contribution >= 0.6 is 23.4 Å². The van der Waals surface area contributed by atoms with Gasteiger partial charge in [0.2, 0.25) is 0 Å². The Morgan fingerprint density at radius 2 is 2.24 bits per heavy atom. The molecule has 0 aliphatic carbocycles. The van der Waals surface area contributed by atoms with E-state index in [-0.39, 0.29) is 0 Å². The summed E-state index contributed by atoms with van der Waals surface area (Å²) >= 11 is 7.96. The van der Waals surface area contributed by atoms with Crippen LogP contribution in [0.5, 0.6) is 0 Å². The van der Waals surface area contributed by atoms with Crippen LogP contribution in [0.1, 0.15) is 37.7 Å². The molecule has 0 aromatic carbocycles. The Labute approximate surface area is 113 Å². The fourth-order valence-corrected chi connectivity index (χ4v) is 2.22. The van der Waals surface area contributed by atoms with Crippen LogP contribution in [0.15, 0.2) is 0 Å². The minimum Gasteiger partial charge on any atom is -0.344 e. The molecule has 0 spiro atoms. The van der Waals surface area contributed by atoms with Crippen molar-refractivity contribution in [1.29, 1.82) is 0 Å². The molecule has 0 unspecified atom stereocenters. The maximum Gasteiger partial charge on any atom is 0.151 e. The van der Waals surface area contributed by atoms with Crippen molar-refractivity contribution in [3.63, 3.8) is 0 Å². The molecule has 0 saturated carbocycles. The second-order valence-electron chi connectivity index (χ2n) is 4.08. The summed E-state index contributed by atoms with van der Waals surface area (Å²) in [6.07, 6.45) is 6.65. The second kappa shape index (κ2) is 8.84. The van der Waals surface area contributed by atoms with E-state index in [9.17, 15) is 0 Å². The van der Waals surface area contributed by atoms with Crippen molar-refractivity contribution in [3.8, 4) is 0 Å². The van der Waals surface area contributed by atoms with Crippen molar-refractivity contribution in [2.75, 3.05) is 18.6 Å². The highest BCUT2D eigenvalue weighted by Crippen LogP contribution is 2.13. The smallest absolute Gasteiger partial charge is 0.151 e.